The molecule has 5 heteroatoms. The van der Waals surface area contributed by atoms with Crippen LogP contribution in [-0.4, -0.2) is 42.0 Å². The molecule has 0 aromatic heterocycles. The third-order valence-electron chi connectivity index (χ3n) is 3.25. The molecule has 1 fully saturated rings. The van der Waals surface area contributed by atoms with E-state index in [-0.39, 0.29) is 24.3 Å². The first-order valence-corrected chi connectivity index (χ1v) is 6.32. The van der Waals surface area contributed by atoms with Crippen LogP contribution in [0.25, 0.3) is 0 Å². The van der Waals surface area contributed by atoms with Gasteiger partial charge in [0.15, 0.2) is 5.78 Å². The highest BCUT2D eigenvalue weighted by Gasteiger charge is 2.32. The standard InChI is InChI=1S/C14H18N2O3/c1-9-7-16(14(19)13(8-17)15-9)12-5-3-4-11(6-12)10(2)18/h3-6,9,13,15,17H,7-8H2,1-2H3. The smallest absolute Gasteiger partial charge is 0.246 e. The zero-order chi connectivity index (χ0) is 14.0. The molecule has 2 unspecified atom stereocenters. The number of benzene rings is 1. The molecule has 0 spiro atoms. The van der Waals surface area contributed by atoms with Crippen molar-refractivity contribution in [1.29, 1.82) is 0 Å². The third kappa shape index (κ3) is 2.83. The van der Waals surface area contributed by atoms with Crippen LogP contribution in [0.2, 0.25) is 0 Å². The second-order valence-corrected chi connectivity index (χ2v) is 4.86. The second-order valence-electron chi connectivity index (χ2n) is 4.86. The molecule has 1 aliphatic rings. The Morgan fingerprint density at radius 3 is 2.89 bits per heavy atom. The summed E-state index contributed by atoms with van der Waals surface area (Å²) in [6.07, 6.45) is 0. The van der Waals surface area contributed by atoms with E-state index in [9.17, 15) is 14.7 Å². The third-order valence-corrected chi connectivity index (χ3v) is 3.25. The number of carbonyl (C=O) groups is 2. The Balaban J connectivity index is 2.31. The van der Waals surface area contributed by atoms with Crippen LogP contribution in [0.4, 0.5) is 5.69 Å². The van der Waals surface area contributed by atoms with Gasteiger partial charge in [-0.15, -0.1) is 0 Å². The van der Waals surface area contributed by atoms with Crippen molar-refractivity contribution in [1.82, 2.24) is 5.32 Å². The molecule has 0 bridgehead atoms. The van der Waals surface area contributed by atoms with Crippen LogP contribution in [0, 0.1) is 0 Å². The van der Waals surface area contributed by atoms with Gasteiger partial charge >= 0.3 is 0 Å². The highest BCUT2D eigenvalue weighted by atomic mass is 16.3. The van der Waals surface area contributed by atoms with Crippen LogP contribution in [0.15, 0.2) is 24.3 Å². The van der Waals surface area contributed by atoms with Crippen molar-refractivity contribution in [3.05, 3.63) is 29.8 Å². The first-order chi connectivity index (χ1) is 9.02. The monoisotopic (exact) mass is 262 g/mol. The highest BCUT2D eigenvalue weighted by Crippen LogP contribution is 2.20. The van der Waals surface area contributed by atoms with Crippen LogP contribution in [0.3, 0.4) is 0 Å². The summed E-state index contributed by atoms with van der Waals surface area (Å²) in [5, 5.41) is 12.3. The Hall–Kier alpha value is -1.72. The maximum atomic E-state index is 12.2. The maximum Gasteiger partial charge on any atom is 0.246 e. The number of aliphatic hydroxyl groups excluding tert-OH is 1. The van der Waals surface area contributed by atoms with Crippen LogP contribution >= 0.6 is 0 Å². The molecule has 1 saturated heterocycles. The summed E-state index contributed by atoms with van der Waals surface area (Å²) in [6.45, 7) is 3.75. The lowest BCUT2D eigenvalue weighted by molar-refractivity contribution is -0.123. The predicted octanol–water partition coefficient (Wildman–Crippen LogP) is 0.575. The lowest BCUT2D eigenvalue weighted by Gasteiger charge is -2.36. The second kappa shape index (κ2) is 5.50. The van der Waals surface area contributed by atoms with E-state index < -0.39 is 6.04 Å². The molecule has 1 aromatic carbocycles. The van der Waals surface area contributed by atoms with Gasteiger partial charge in [-0.05, 0) is 26.0 Å². The molecule has 1 aromatic rings. The number of amides is 1. The van der Waals surface area contributed by atoms with E-state index in [1.54, 1.807) is 29.2 Å². The zero-order valence-electron chi connectivity index (χ0n) is 11.1. The number of Topliss-reactive ketones (excluding diaryl/α,β-unsaturated/α-hetero) is 1. The average Bonchev–Trinajstić information content (AvgIpc) is 2.41. The van der Waals surface area contributed by atoms with Gasteiger partial charge in [0.25, 0.3) is 0 Å². The fourth-order valence-corrected chi connectivity index (χ4v) is 2.28. The molecule has 2 N–H and O–H groups in total. The van der Waals surface area contributed by atoms with E-state index >= 15 is 0 Å². The summed E-state index contributed by atoms with van der Waals surface area (Å²) < 4.78 is 0. The van der Waals surface area contributed by atoms with Crippen molar-refractivity contribution in [3.8, 4) is 0 Å². The molecule has 5 nitrogen and oxygen atoms in total. The van der Waals surface area contributed by atoms with Crippen LogP contribution in [0.5, 0.6) is 0 Å². The minimum Gasteiger partial charge on any atom is -0.394 e. The lowest BCUT2D eigenvalue weighted by Crippen LogP contribution is -2.60. The molecule has 0 saturated carbocycles. The minimum absolute atomic E-state index is 0.0313. The molecule has 1 aliphatic heterocycles. The van der Waals surface area contributed by atoms with E-state index in [1.807, 2.05) is 6.92 Å². The number of piperazine rings is 1. The predicted molar refractivity (Wildman–Crippen MR) is 72.3 cm³/mol. The summed E-state index contributed by atoms with van der Waals surface area (Å²) in [5.41, 5.74) is 1.28. The Morgan fingerprint density at radius 2 is 2.26 bits per heavy atom. The quantitative estimate of drug-likeness (QED) is 0.782. The van der Waals surface area contributed by atoms with Crippen LogP contribution in [0.1, 0.15) is 24.2 Å². The molecule has 102 valence electrons. The fraction of sp³-hybridized carbons (Fsp3) is 0.429. The number of ketones is 1. The number of anilines is 1. The Kier molecular flexibility index (Phi) is 3.97. The van der Waals surface area contributed by atoms with Crippen molar-refractivity contribution >= 4 is 17.4 Å². The molecule has 0 radical (unpaired) electrons. The molecule has 2 atom stereocenters. The molecule has 1 amide bonds. The number of hydrogen-bond acceptors (Lipinski definition) is 4. The van der Waals surface area contributed by atoms with E-state index in [0.29, 0.717) is 17.8 Å². The van der Waals surface area contributed by atoms with Gasteiger partial charge in [-0.25, -0.2) is 0 Å². The number of carbonyl (C=O) groups excluding carboxylic acids is 2. The topological polar surface area (TPSA) is 69.6 Å². The zero-order valence-corrected chi connectivity index (χ0v) is 11.1. The van der Waals surface area contributed by atoms with Gasteiger partial charge in [-0.2, -0.15) is 0 Å². The van der Waals surface area contributed by atoms with Gasteiger partial charge < -0.3 is 10.0 Å². The fourth-order valence-electron chi connectivity index (χ4n) is 2.28. The molecular weight excluding hydrogens is 244 g/mol. The number of hydrogen-bond donors (Lipinski definition) is 2. The van der Waals surface area contributed by atoms with E-state index in [1.165, 1.54) is 6.92 Å². The van der Waals surface area contributed by atoms with Gasteiger partial charge in [0.1, 0.15) is 6.04 Å². The maximum absolute atomic E-state index is 12.2. The summed E-state index contributed by atoms with van der Waals surface area (Å²) in [7, 11) is 0. The van der Waals surface area contributed by atoms with E-state index in [4.69, 9.17) is 0 Å². The molecule has 2 rings (SSSR count). The van der Waals surface area contributed by atoms with E-state index in [0.717, 1.165) is 0 Å². The first kappa shape index (κ1) is 13.7. The Bertz CT molecular complexity index is 501. The molecule has 19 heavy (non-hydrogen) atoms. The van der Waals surface area contributed by atoms with Crippen LogP contribution in [-0.2, 0) is 4.79 Å². The molecular formula is C14H18N2O3. The number of aliphatic hydroxyl groups is 1. The van der Waals surface area contributed by atoms with Gasteiger partial charge in [0.05, 0.1) is 6.61 Å². The summed E-state index contributed by atoms with van der Waals surface area (Å²) in [4.78, 5) is 25.2. The summed E-state index contributed by atoms with van der Waals surface area (Å²) >= 11 is 0. The highest BCUT2D eigenvalue weighted by molar-refractivity contribution is 6.00. The number of rotatable bonds is 3. The van der Waals surface area contributed by atoms with Gasteiger partial charge in [0, 0.05) is 23.8 Å². The minimum atomic E-state index is -0.579. The Morgan fingerprint density at radius 1 is 1.53 bits per heavy atom. The summed E-state index contributed by atoms with van der Waals surface area (Å²) in [6, 6.07) is 6.52. The molecule has 0 aliphatic carbocycles. The van der Waals surface area contributed by atoms with Crippen molar-refractivity contribution in [2.75, 3.05) is 18.1 Å². The van der Waals surface area contributed by atoms with E-state index in [2.05, 4.69) is 5.32 Å². The normalized spacial score (nSPS) is 23.5. The van der Waals surface area contributed by atoms with Crippen molar-refractivity contribution in [2.45, 2.75) is 25.9 Å². The lowest BCUT2D eigenvalue weighted by atomic mass is 10.1. The summed E-state index contributed by atoms with van der Waals surface area (Å²) in [5.74, 6) is -0.197. The van der Waals surface area contributed by atoms with Crippen LogP contribution < -0.4 is 10.2 Å². The Labute approximate surface area is 112 Å². The SMILES string of the molecule is CC(=O)c1cccc(N2CC(C)NC(CO)C2=O)c1. The largest absolute Gasteiger partial charge is 0.394 e. The first-order valence-electron chi connectivity index (χ1n) is 6.32. The number of nitrogens with one attached hydrogen (secondary N) is 1. The van der Waals surface area contributed by atoms with Crippen molar-refractivity contribution in [2.24, 2.45) is 0 Å². The van der Waals surface area contributed by atoms with Gasteiger partial charge in [-0.1, -0.05) is 12.1 Å². The number of nitrogens with zero attached hydrogens (tertiary/aromatic N) is 1. The molecule has 1 heterocycles. The van der Waals surface area contributed by atoms with Gasteiger partial charge in [0.2, 0.25) is 5.91 Å². The van der Waals surface area contributed by atoms with Gasteiger partial charge in [-0.3, -0.25) is 14.9 Å². The average molecular weight is 262 g/mol. The van der Waals surface area contributed by atoms with Crippen molar-refractivity contribution in [3.63, 3.8) is 0 Å². The van der Waals surface area contributed by atoms with Crippen molar-refractivity contribution < 1.29 is 14.7 Å².